The van der Waals surface area contributed by atoms with Crippen molar-refractivity contribution in [3.8, 4) is 28.3 Å². The molecule has 0 aliphatic heterocycles. The van der Waals surface area contributed by atoms with Crippen LogP contribution in [0.3, 0.4) is 0 Å². The zero-order chi connectivity index (χ0) is 21.6. The van der Waals surface area contributed by atoms with E-state index >= 15 is 0 Å². The number of methoxy groups -OCH3 is 1. The highest BCUT2D eigenvalue weighted by molar-refractivity contribution is 6.30. The Morgan fingerprint density at radius 3 is 2.48 bits per heavy atom. The van der Waals surface area contributed by atoms with E-state index in [2.05, 4.69) is 15.5 Å². The van der Waals surface area contributed by atoms with Crippen LogP contribution in [-0.2, 0) is 6.42 Å². The van der Waals surface area contributed by atoms with Gasteiger partial charge in [-0.25, -0.2) is 0 Å². The first-order chi connectivity index (χ1) is 15.1. The Bertz CT molecular complexity index is 1170. The maximum Gasteiger partial charge on any atom is 0.251 e. The highest BCUT2D eigenvalue weighted by Crippen LogP contribution is 2.25. The molecule has 0 unspecified atom stereocenters. The Balaban J connectivity index is 1.36. The lowest BCUT2D eigenvalue weighted by Gasteiger charge is -2.07. The Kier molecular flexibility index (Phi) is 6.34. The second-order valence-electron chi connectivity index (χ2n) is 7.11. The third kappa shape index (κ3) is 5.13. The second kappa shape index (κ2) is 9.49. The largest absolute Gasteiger partial charge is 0.497 e. The monoisotopic (exact) mass is 431 g/mol. The highest BCUT2D eigenvalue weighted by atomic mass is 35.5. The van der Waals surface area contributed by atoms with Crippen molar-refractivity contribution in [3.05, 3.63) is 95.0 Å². The molecule has 0 aliphatic rings. The quantitative estimate of drug-likeness (QED) is 0.413. The van der Waals surface area contributed by atoms with Gasteiger partial charge in [-0.2, -0.15) is 5.10 Å². The highest BCUT2D eigenvalue weighted by Gasteiger charge is 2.09. The van der Waals surface area contributed by atoms with Crippen LogP contribution in [0.2, 0.25) is 5.02 Å². The van der Waals surface area contributed by atoms with Crippen molar-refractivity contribution < 1.29 is 9.53 Å². The lowest BCUT2D eigenvalue weighted by atomic mass is 10.1. The van der Waals surface area contributed by atoms with E-state index in [1.807, 2.05) is 78.9 Å². The van der Waals surface area contributed by atoms with Crippen LogP contribution >= 0.6 is 11.6 Å². The normalized spacial score (nSPS) is 10.6. The number of hydrogen-bond acceptors (Lipinski definition) is 3. The van der Waals surface area contributed by atoms with E-state index in [-0.39, 0.29) is 5.91 Å². The van der Waals surface area contributed by atoms with Gasteiger partial charge in [-0.15, -0.1) is 0 Å². The summed E-state index contributed by atoms with van der Waals surface area (Å²) < 4.78 is 5.23. The van der Waals surface area contributed by atoms with Crippen LogP contribution in [0.5, 0.6) is 5.75 Å². The molecule has 0 radical (unpaired) electrons. The molecule has 5 nitrogen and oxygen atoms in total. The minimum atomic E-state index is -0.0988. The molecule has 1 heterocycles. The van der Waals surface area contributed by atoms with E-state index < -0.39 is 0 Å². The van der Waals surface area contributed by atoms with Crippen molar-refractivity contribution in [1.82, 2.24) is 15.5 Å². The van der Waals surface area contributed by atoms with Crippen LogP contribution in [0.15, 0.2) is 78.9 Å². The Labute approximate surface area is 186 Å². The predicted octanol–water partition coefficient (Wildman–Crippen LogP) is 5.38. The first-order valence-corrected chi connectivity index (χ1v) is 10.3. The molecule has 0 fully saturated rings. The van der Waals surface area contributed by atoms with Gasteiger partial charge in [0, 0.05) is 22.7 Å². The smallest absolute Gasteiger partial charge is 0.251 e. The maximum absolute atomic E-state index is 12.5. The number of H-pyrrole nitrogens is 1. The molecule has 3 aromatic carbocycles. The number of nitrogens with zero attached hydrogens (tertiary/aromatic N) is 1. The molecule has 0 spiro atoms. The van der Waals surface area contributed by atoms with Crippen LogP contribution in [-0.4, -0.2) is 29.8 Å². The van der Waals surface area contributed by atoms with Crippen LogP contribution in [0.25, 0.3) is 22.5 Å². The van der Waals surface area contributed by atoms with Gasteiger partial charge in [-0.05, 0) is 60.0 Å². The topological polar surface area (TPSA) is 67.0 Å². The number of carbonyl (C=O) groups excluding carboxylic acids is 1. The number of halogens is 1. The summed E-state index contributed by atoms with van der Waals surface area (Å²) in [6.45, 7) is 0.553. The first-order valence-electron chi connectivity index (χ1n) is 9.95. The van der Waals surface area contributed by atoms with Crippen molar-refractivity contribution in [2.24, 2.45) is 0 Å². The Morgan fingerprint density at radius 1 is 1.00 bits per heavy atom. The summed E-state index contributed by atoms with van der Waals surface area (Å²) >= 11 is 5.95. The van der Waals surface area contributed by atoms with Gasteiger partial charge >= 0.3 is 0 Å². The molecule has 1 aromatic heterocycles. The minimum absolute atomic E-state index is 0.0988. The fourth-order valence-corrected chi connectivity index (χ4v) is 3.42. The average molecular weight is 432 g/mol. The molecule has 156 valence electrons. The van der Waals surface area contributed by atoms with Crippen molar-refractivity contribution in [2.75, 3.05) is 13.7 Å². The van der Waals surface area contributed by atoms with Gasteiger partial charge in [0.15, 0.2) is 0 Å². The summed E-state index contributed by atoms with van der Waals surface area (Å²) in [6, 6.07) is 24.8. The summed E-state index contributed by atoms with van der Waals surface area (Å²) in [5.74, 6) is 0.718. The minimum Gasteiger partial charge on any atom is -0.497 e. The van der Waals surface area contributed by atoms with Gasteiger partial charge in [0.25, 0.3) is 5.91 Å². The van der Waals surface area contributed by atoms with Gasteiger partial charge in [-0.1, -0.05) is 48.0 Å². The summed E-state index contributed by atoms with van der Waals surface area (Å²) in [7, 11) is 1.64. The van der Waals surface area contributed by atoms with Gasteiger partial charge < -0.3 is 10.1 Å². The molecule has 1 amide bonds. The first kappa shape index (κ1) is 20.7. The van der Waals surface area contributed by atoms with E-state index in [0.717, 1.165) is 40.2 Å². The molecule has 0 bridgehead atoms. The maximum atomic E-state index is 12.5. The molecule has 4 rings (SSSR count). The van der Waals surface area contributed by atoms with E-state index in [1.165, 1.54) is 0 Å². The summed E-state index contributed by atoms with van der Waals surface area (Å²) in [5, 5.41) is 11.1. The molecule has 6 heteroatoms. The van der Waals surface area contributed by atoms with Crippen molar-refractivity contribution in [1.29, 1.82) is 0 Å². The van der Waals surface area contributed by atoms with Crippen LogP contribution in [0.4, 0.5) is 0 Å². The fraction of sp³-hybridized carbons (Fsp3) is 0.120. The SMILES string of the molecule is COc1cccc(CCNC(=O)c2ccc(-c3cc(-c4ccc(Cl)cc4)[nH]n3)cc2)c1. The Hall–Kier alpha value is -3.57. The number of amides is 1. The van der Waals surface area contributed by atoms with Gasteiger partial charge in [0.05, 0.1) is 18.5 Å². The summed E-state index contributed by atoms with van der Waals surface area (Å²) in [5.41, 5.74) is 5.40. The lowest BCUT2D eigenvalue weighted by molar-refractivity contribution is 0.0954. The van der Waals surface area contributed by atoms with Crippen LogP contribution in [0, 0.1) is 0 Å². The number of benzene rings is 3. The molecule has 2 N–H and O–H groups in total. The molecule has 0 saturated carbocycles. The Morgan fingerprint density at radius 2 is 1.74 bits per heavy atom. The molecule has 0 aliphatic carbocycles. The molecular formula is C25H22ClN3O2. The molecule has 31 heavy (non-hydrogen) atoms. The van der Waals surface area contributed by atoms with E-state index in [9.17, 15) is 4.79 Å². The predicted molar refractivity (Wildman–Crippen MR) is 124 cm³/mol. The number of carbonyl (C=O) groups is 1. The number of ether oxygens (including phenoxy) is 1. The number of aromatic nitrogens is 2. The van der Waals surface area contributed by atoms with E-state index in [4.69, 9.17) is 16.3 Å². The second-order valence-corrected chi connectivity index (χ2v) is 7.54. The number of nitrogens with one attached hydrogen (secondary N) is 2. The van der Waals surface area contributed by atoms with Crippen LogP contribution < -0.4 is 10.1 Å². The van der Waals surface area contributed by atoms with Crippen molar-refractivity contribution in [2.45, 2.75) is 6.42 Å². The van der Waals surface area contributed by atoms with Gasteiger partial charge in [-0.3, -0.25) is 9.89 Å². The van der Waals surface area contributed by atoms with Crippen molar-refractivity contribution >= 4 is 17.5 Å². The van der Waals surface area contributed by atoms with E-state index in [1.54, 1.807) is 7.11 Å². The lowest BCUT2D eigenvalue weighted by Crippen LogP contribution is -2.25. The molecule has 4 aromatic rings. The van der Waals surface area contributed by atoms with Gasteiger partial charge in [0.2, 0.25) is 0 Å². The zero-order valence-electron chi connectivity index (χ0n) is 17.1. The summed E-state index contributed by atoms with van der Waals surface area (Å²) in [6.07, 6.45) is 0.738. The standard InChI is InChI=1S/C25H22ClN3O2/c1-31-22-4-2-3-17(15-22)13-14-27-25(30)20-7-5-18(6-8-20)23-16-24(29-28-23)19-9-11-21(26)12-10-19/h2-12,15-16H,13-14H2,1H3,(H,27,30)(H,28,29). The molecular weight excluding hydrogens is 410 g/mol. The third-order valence-corrected chi connectivity index (χ3v) is 5.26. The number of hydrogen-bond donors (Lipinski definition) is 2. The number of aromatic amines is 1. The van der Waals surface area contributed by atoms with Gasteiger partial charge in [0.1, 0.15) is 5.75 Å². The van der Waals surface area contributed by atoms with Crippen LogP contribution in [0.1, 0.15) is 15.9 Å². The number of rotatable bonds is 7. The van der Waals surface area contributed by atoms with Crippen molar-refractivity contribution in [3.63, 3.8) is 0 Å². The zero-order valence-corrected chi connectivity index (χ0v) is 17.8. The average Bonchev–Trinajstić information content (AvgIpc) is 3.30. The van der Waals surface area contributed by atoms with E-state index in [0.29, 0.717) is 17.1 Å². The third-order valence-electron chi connectivity index (χ3n) is 5.01. The summed E-state index contributed by atoms with van der Waals surface area (Å²) in [4.78, 5) is 12.5. The fourth-order valence-electron chi connectivity index (χ4n) is 3.29. The molecule has 0 saturated heterocycles. The molecule has 0 atom stereocenters.